The Labute approximate surface area is 122 Å². The van der Waals surface area contributed by atoms with Gasteiger partial charge in [0.25, 0.3) is 0 Å². The van der Waals surface area contributed by atoms with Crippen LogP contribution in [0.2, 0.25) is 0 Å². The second kappa shape index (κ2) is 5.62. The highest BCUT2D eigenvalue weighted by Crippen LogP contribution is 2.30. The highest BCUT2D eigenvalue weighted by molar-refractivity contribution is 5.95. The summed E-state index contributed by atoms with van der Waals surface area (Å²) in [4.78, 5) is 12.4. The van der Waals surface area contributed by atoms with Crippen molar-refractivity contribution in [3.63, 3.8) is 0 Å². The summed E-state index contributed by atoms with van der Waals surface area (Å²) in [6.45, 7) is 2.38. The van der Waals surface area contributed by atoms with E-state index in [1.54, 1.807) is 12.4 Å². The molecular formula is C15H15N5O. The van der Waals surface area contributed by atoms with Crippen LogP contribution in [0.4, 0.5) is 17.2 Å². The number of ether oxygens (including phenoxy) is 1. The zero-order valence-corrected chi connectivity index (χ0v) is 11.6. The molecule has 3 rings (SSSR count). The van der Waals surface area contributed by atoms with Crippen molar-refractivity contribution >= 4 is 28.0 Å². The maximum atomic E-state index is 6.03. The van der Waals surface area contributed by atoms with Crippen molar-refractivity contribution < 1.29 is 4.74 Å². The number of anilines is 3. The average molecular weight is 281 g/mol. The first-order valence-corrected chi connectivity index (χ1v) is 6.62. The van der Waals surface area contributed by atoms with Crippen LogP contribution in [0.5, 0.6) is 5.88 Å². The largest absolute Gasteiger partial charge is 0.476 e. The molecule has 21 heavy (non-hydrogen) atoms. The summed E-state index contributed by atoms with van der Waals surface area (Å²) in [6.07, 6.45) is 4.99. The Hall–Kier alpha value is -2.89. The number of rotatable bonds is 4. The van der Waals surface area contributed by atoms with Crippen LogP contribution in [-0.2, 0) is 0 Å². The van der Waals surface area contributed by atoms with Crippen molar-refractivity contribution in [2.24, 2.45) is 0 Å². The van der Waals surface area contributed by atoms with Gasteiger partial charge in [0.15, 0.2) is 5.82 Å². The van der Waals surface area contributed by atoms with Gasteiger partial charge in [0, 0.05) is 23.5 Å². The maximum Gasteiger partial charge on any atom is 0.242 e. The van der Waals surface area contributed by atoms with E-state index in [0.29, 0.717) is 24.0 Å². The molecule has 0 radical (unpaired) electrons. The first kappa shape index (κ1) is 13.1. The van der Waals surface area contributed by atoms with Gasteiger partial charge < -0.3 is 15.8 Å². The molecule has 3 aromatic rings. The van der Waals surface area contributed by atoms with E-state index in [-0.39, 0.29) is 0 Å². The number of nitrogens with zero attached hydrogens (tertiary/aromatic N) is 3. The molecular weight excluding hydrogens is 266 g/mol. The second-order valence-electron chi connectivity index (χ2n) is 4.40. The molecule has 0 fully saturated rings. The number of pyridine rings is 1. The number of nitrogen functional groups attached to an aromatic ring is 1. The van der Waals surface area contributed by atoms with Gasteiger partial charge in [-0.25, -0.2) is 4.98 Å². The lowest BCUT2D eigenvalue weighted by Gasteiger charge is -2.12. The molecule has 0 spiro atoms. The Bertz CT molecular complexity index is 770. The molecule has 6 heteroatoms. The van der Waals surface area contributed by atoms with Gasteiger partial charge in [-0.2, -0.15) is 4.98 Å². The molecule has 106 valence electrons. The van der Waals surface area contributed by atoms with E-state index in [1.165, 1.54) is 6.33 Å². The number of hydrogen-bond donors (Lipinski definition) is 2. The van der Waals surface area contributed by atoms with E-state index in [2.05, 4.69) is 20.3 Å². The van der Waals surface area contributed by atoms with Gasteiger partial charge in [-0.1, -0.05) is 12.1 Å². The molecule has 0 amide bonds. The predicted molar refractivity (Wildman–Crippen MR) is 82.6 cm³/mol. The molecule has 0 saturated carbocycles. The predicted octanol–water partition coefficient (Wildman–Crippen LogP) is 2.75. The normalized spacial score (nSPS) is 10.5. The minimum atomic E-state index is 0.383. The molecule has 1 aromatic carbocycles. The van der Waals surface area contributed by atoms with E-state index in [9.17, 15) is 0 Å². The first-order chi connectivity index (χ1) is 10.3. The lowest BCUT2D eigenvalue weighted by molar-refractivity contribution is 0.328. The zero-order valence-electron chi connectivity index (χ0n) is 11.6. The van der Waals surface area contributed by atoms with Gasteiger partial charge in [0.05, 0.1) is 6.61 Å². The van der Waals surface area contributed by atoms with Gasteiger partial charge in [0.2, 0.25) is 5.88 Å². The molecule has 0 aliphatic carbocycles. The van der Waals surface area contributed by atoms with Crippen molar-refractivity contribution in [1.82, 2.24) is 15.0 Å². The number of aromatic nitrogens is 3. The summed E-state index contributed by atoms with van der Waals surface area (Å²) in [5.74, 6) is 0.901. The number of nitrogens with one attached hydrogen (secondary N) is 1. The van der Waals surface area contributed by atoms with Crippen LogP contribution in [0.1, 0.15) is 6.92 Å². The van der Waals surface area contributed by atoms with Gasteiger partial charge in [0.1, 0.15) is 12.0 Å². The molecule has 2 aromatic heterocycles. The smallest absolute Gasteiger partial charge is 0.242 e. The second-order valence-corrected chi connectivity index (χ2v) is 4.40. The van der Waals surface area contributed by atoms with E-state index >= 15 is 0 Å². The van der Waals surface area contributed by atoms with E-state index in [0.717, 1.165) is 16.5 Å². The standard InChI is InChI=1S/C15H15N5O/c1-2-21-15-13(16)14(18-9-19-15)20-12-5-3-4-10-6-7-17-8-11(10)12/h3-9H,2,16H2,1H3,(H,18,19,20). The van der Waals surface area contributed by atoms with Gasteiger partial charge in [-0.05, 0) is 24.4 Å². The van der Waals surface area contributed by atoms with E-state index in [4.69, 9.17) is 10.5 Å². The first-order valence-electron chi connectivity index (χ1n) is 6.62. The Morgan fingerprint density at radius 1 is 1.24 bits per heavy atom. The molecule has 0 bridgehead atoms. The fourth-order valence-corrected chi connectivity index (χ4v) is 2.08. The monoisotopic (exact) mass is 281 g/mol. The topological polar surface area (TPSA) is 86.0 Å². The highest BCUT2D eigenvalue weighted by Gasteiger charge is 2.10. The lowest BCUT2D eigenvalue weighted by atomic mass is 10.1. The van der Waals surface area contributed by atoms with E-state index in [1.807, 2.05) is 31.2 Å². The van der Waals surface area contributed by atoms with Gasteiger partial charge in [-0.3, -0.25) is 4.98 Å². The van der Waals surface area contributed by atoms with E-state index < -0.39 is 0 Å². The quantitative estimate of drug-likeness (QED) is 0.764. The van der Waals surface area contributed by atoms with Crippen LogP contribution in [0.3, 0.4) is 0 Å². The third-order valence-corrected chi connectivity index (χ3v) is 3.07. The Morgan fingerprint density at radius 3 is 3.00 bits per heavy atom. The van der Waals surface area contributed by atoms with Crippen molar-refractivity contribution in [2.45, 2.75) is 6.92 Å². The van der Waals surface area contributed by atoms with Crippen LogP contribution in [0, 0.1) is 0 Å². The summed E-state index contributed by atoms with van der Waals surface area (Å²) in [5.41, 5.74) is 7.31. The third-order valence-electron chi connectivity index (χ3n) is 3.07. The van der Waals surface area contributed by atoms with Crippen molar-refractivity contribution in [3.8, 4) is 5.88 Å². The van der Waals surface area contributed by atoms with Crippen LogP contribution in [-0.4, -0.2) is 21.6 Å². The molecule has 2 heterocycles. The molecule has 0 atom stereocenters. The molecule has 0 unspecified atom stereocenters. The zero-order chi connectivity index (χ0) is 14.7. The number of fused-ring (bicyclic) bond motifs is 1. The van der Waals surface area contributed by atoms with Crippen LogP contribution < -0.4 is 15.8 Å². The molecule has 0 aliphatic heterocycles. The number of nitrogens with two attached hydrogens (primary N) is 1. The maximum absolute atomic E-state index is 6.03. The van der Waals surface area contributed by atoms with Gasteiger partial charge >= 0.3 is 0 Å². The Kier molecular flexibility index (Phi) is 3.51. The molecule has 0 saturated heterocycles. The third kappa shape index (κ3) is 2.55. The summed E-state index contributed by atoms with van der Waals surface area (Å²) >= 11 is 0. The van der Waals surface area contributed by atoms with Crippen molar-refractivity contribution in [3.05, 3.63) is 43.0 Å². The van der Waals surface area contributed by atoms with Crippen molar-refractivity contribution in [2.75, 3.05) is 17.7 Å². The summed E-state index contributed by atoms with van der Waals surface area (Å²) in [7, 11) is 0. The van der Waals surface area contributed by atoms with Crippen LogP contribution in [0.15, 0.2) is 43.0 Å². The molecule has 3 N–H and O–H groups in total. The van der Waals surface area contributed by atoms with Crippen molar-refractivity contribution in [1.29, 1.82) is 0 Å². The van der Waals surface area contributed by atoms with Crippen LogP contribution in [0.25, 0.3) is 10.8 Å². The van der Waals surface area contributed by atoms with Crippen LogP contribution >= 0.6 is 0 Å². The fourth-order valence-electron chi connectivity index (χ4n) is 2.08. The Balaban J connectivity index is 2.01. The summed E-state index contributed by atoms with van der Waals surface area (Å²) in [5, 5.41) is 5.30. The summed E-state index contributed by atoms with van der Waals surface area (Å²) < 4.78 is 5.37. The average Bonchev–Trinajstić information content (AvgIpc) is 2.52. The number of benzene rings is 1. The minimum Gasteiger partial charge on any atom is -0.476 e. The number of hydrogen-bond acceptors (Lipinski definition) is 6. The Morgan fingerprint density at radius 2 is 2.14 bits per heavy atom. The lowest BCUT2D eigenvalue weighted by Crippen LogP contribution is -2.05. The molecule has 6 nitrogen and oxygen atoms in total. The fraction of sp³-hybridized carbons (Fsp3) is 0.133. The summed E-state index contributed by atoms with van der Waals surface area (Å²) in [6, 6.07) is 7.89. The minimum absolute atomic E-state index is 0.383. The highest BCUT2D eigenvalue weighted by atomic mass is 16.5. The SMILES string of the molecule is CCOc1ncnc(Nc2cccc3ccncc23)c1N. The molecule has 0 aliphatic rings. The van der Waals surface area contributed by atoms with Gasteiger partial charge in [-0.15, -0.1) is 0 Å².